The zero-order valence-electron chi connectivity index (χ0n) is 13.4. The third kappa shape index (κ3) is 5.50. The Morgan fingerprint density at radius 3 is 2.33 bits per heavy atom. The normalized spacial score (nSPS) is 11.8. The number of nitrogens with one attached hydrogen (secondary N) is 1. The maximum absolute atomic E-state index is 3.51. The molecule has 0 atom stereocenters. The van der Waals surface area contributed by atoms with Gasteiger partial charge >= 0.3 is 0 Å². The van der Waals surface area contributed by atoms with Crippen LogP contribution in [0.3, 0.4) is 0 Å². The molecular formula is C18H25NS2. The van der Waals surface area contributed by atoms with E-state index in [4.69, 9.17) is 0 Å². The van der Waals surface area contributed by atoms with E-state index in [1.54, 1.807) is 0 Å². The number of rotatable bonds is 6. The lowest BCUT2D eigenvalue weighted by molar-refractivity contribution is 0.590. The molecule has 2 rings (SSSR count). The summed E-state index contributed by atoms with van der Waals surface area (Å²) >= 11 is 3.80. The molecule has 0 aliphatic carbocycles. The maximum atomic E-state index is 3.51. The minimum Gasteiger partial charge on any atom is -0.311 e. The highest BCUT2D eigenvalue weighted by Crippen LogP contribution is 2.25. The second-order valence-electron chi connectivity index (χ2n) is 6.31. The summed E-state index contributed by atoms with van der Waals surface area (Å²) in [5.41, 5.74) is 1.64. The molecule has 0 spiro atoms. The fourth-order valence-electron chi connectivity index (χ4n) is 2.08. The SMILES string of the molecule is Cc1ccc(CNCCSc2ccc(C(C)(C)C)cc2)s1. The minimum atomic E-state index is 0.240. The van der Waals surface area contributed by atoms with Crippen LogP contribution in [0.2, 0.25) is 0 Å². The second-order valence-corrected chi connectivity index (χ2v) is 8.85. The van der Waals surface area contributed by atoms with Crippen molar-refractivity contribution < 1.29 is 0 Å². The van der Waals surface area contributed by atoms with Gasteiger partial charge in [-0.3, -0.25) is 0 Å². The van der Waals surface area contributed by atoms with Crippen LogP contribution in [0, 0.1) is 6.92 Å². The standard InChI is InChI=1S/C18H25NS2/c1-14-5-8-17(21-14)13-19-11-12-20-16-9-6-15(7-10-16)18(2,3)4/h5-10,19H,11-13H2,1-4H3. The largest absolute Gasteiger partial charge is 0.311 e. The Hall–Kier alpha value is -0.770. The Kier molecular flexibility index (Phi) is 5.91. The first kappa shape index (κ1) is 16.6. The zero-order chi connectivity index (χ0) is 15.3. The highest BCUT2D eigenvalue weighted by molar-refractivity contribution is 7.99. The second kappa shape index (κ2) is 7.48. The van der Waals surface area contributed by atoms with Gasteiger partial charge in [0.25, 0.3) is 0 Å². The Labute approximate surface area is 137 Å². The van der Waals surface area contributed by atoms with Crippen LogP contribution in [-0.4, -0.2) is 12.3 Å². The van der Waals surface area contributed by atoms with E-state index in [1.807, 2.05) is 23.1 Å². The van der Waals surface area contributed by atoms with E-state index >= 15 is 0 Å². The summed E-state index contributed by atoms with van der Waals surface area (Å²) in [6.45, 7) is 11.0. The first-order valence-electron chi connectivity index (χ1n) is 7.44. The first-order chi connectivity index (χ1) is 9.95. The van der Waals surface area contributed by atoms with Crippen molar-refractivity contribution in [3.05, 3.63) is 51.7 Å². The molecule has 0 aliphatic heterocycles. The number of aryl methyl sites for hydroxylation is 1. The number of thiophene rings is 1. The summed E-state index contributed by atoms with van der Waals surface area (Å²) in [7, 11) is 0. The third-order valence-electron chi connectivity index (χ3n) is 3.36. The molecule has 0 radical (unpaired) electrons. The van der Waals surface area contributed by atoms with E-state index < -0.39 is 0 Å². The predicted molar refractivity (Wildman–Crippen MR) is 96.6 cm³/mol. The topological polar surface area (TPSA) is 12.0 Å². The number of thioether (sulfide) groups is 1. The summed E-state index contributed by atoms with van der Waals surface area (Å²) in [5, 5.41) is 3.51. The molecule has 114 valence electrons. The third-order valence-corrected chi connectivity index (χ3v) is 5.38. The van der Waals surface area contributed by atoms with Gasteiger partial charge in [0.05, 0.1) is 0 Å². The highest BCUT2D eigenvalue weighted by Gasteiger charge is 2.12. The van der Waals surface area contributed by atoms with Crippen molar-refractivity contribution in [2.45, 2.75) is 44.6 Å². The molecule has 2 aromatic rings. The van der Waals surface area contributed by atoms with Gasteiger partial charge in [-0.2, -0.15) is 0 Å². The number of hydrogen-bond acceptors (Lipinski definition) is 3. The predicted octanol–water partition coefficient (Wildman–Crippen LogP) is 5.24. The molecule has 3 heteroatoms. The van der Waals surface area contributed by atoms with Crippen LogP contribution in [0.5, 0.6) is 0 Å². The summed E-state index contributed by atoms with van der Waals surface area (Å²) in [6, 6.07) is 13.4. The molecule has 1 nitrogen and oxygen atoms in total. The molecule has 21 heavy (non-hydrogen) atoms. The maximum Gasteiger partial charge on any atom is 0.0300 e. The summed E-state index contributed by atoms with van der Waals surface area (Å²) in [5.74, 6) is 1.11. The van der Waals surface area contributed by atoms with Crippen molar-refractivity contribution in [3.8, 4) is 0 Å². The lowest BCUT2D eigenvalue weighted by Crippen LogP contribution is -2.15. The van der Waals surface area contributed by atoms with Crippen LogP contribution in [-0.2, 0) is 12.0 Å². The lowest BCUT2D eigenvalue weighted by Gasteiger charge is -2.19. The molecule has 0 aliphatic rings. The lowest BCUT2D eigenvalue weighted by atomic mass is 9.87. The van der Waals surface area contributed by atoms with Gasteiger partial charge in [0.1, 0.15) is 0 Å². The summed E-state index contributed by atoms with van der Waals surface area (Å²) < 4.78 is 0. The van der Waals surface area contributed by atoms with Gasteiger partial charge in [0.15, 0.2) is 0 Å². The van der Waals surface area contributed by atoms with E-state index in [0.717, 1.165) is 18.8 Å². The molecular weight excluding hydrogens is 294 g/mol. The Balaban J connectivity index is 1.69. The molecule has 1 heterocycles. The molecule has 0 saturated heterocycles. The summed E-state index contributed by atoms with van der Waals surface area (Å²) in [4.78, 5) is 4.17. The van der Waals surface area contributed by atoms with Gasteiger partial charge in [-0.15, -0.1) is 23.1 Å². The van der Waals surface area contributed by atoms with Gasteiger partial charge in [-0.05, 0) is 42.2 Å². The van der Waals surface area contributed by atoms with Crippen LogP contribution in [0.15, 0.2) is 41.3 Å². The molecule has 1 aromatic carbocycles. The van der Waals surface area contributed by atoms with Crippen molar-refractivity contribution in [2.24, 2.45) is 0 Å². The van der Waals surface area contributed by atoms with Gasteiger partial charge in [0.2, 0.25) is 0 Å². The summed E-state index contributed by atoms with van der Waals surface area (Å²) in [6.07, 6.45) is 0. The van der Waals surface area contributed by atoms with Gasteiger partial charge in [-0.25, -0.2) is 0 Å². The van der Waals surface area contributed by atoms with Crippen LogP contribution in [0.1, 0.15) is 36.1 Å². The molecule has 0 bridgehead atoms. The number of hydrogen-bond donors (Lipinski definition) is 1. The molecule has 1 aromatic heterocycles. The molecule has 0 unspecified atom stereocenters. The van der Waals surface area contributed by atoms with Gasteiger partial charge < -0.3 is 5.32 Å². The van der Waals surface area contributed by atoms with E-state index in [1.165, 1.54) is 20.2 Å². The Bertz CT molecular complexity index is 549. The average molecular weight is 320 g/mol. The van der Waals surface area contributed by atoms with E-state index in [-0.39, 0.29) is 5.41 Å². The van der Waals surface area contributed by atoms with Crippen LogP contribution in [0.25, 0.3) is 0 Å². The highest BCUT2D eigenvalue weighted by atomic mass is 32.2. The quantitative estimate of drug-likeness (QED) is 0.577. The fraction of sp³-hybridized carbons (Fsp3) is 0.444. The molecule has 0 fully saturated rings. The Morgan fingerprint density at radius 1 is 1.05 bits per heavy atom. The van der Waals surface area contributed by atoms with Crippen molar-refractivity contribution in [2.75, 3.05) is 12.3 Å². The minimum absolute atomic E-state index is 0.240. The van der Waals surface area contributed by atoms with Crippen molar-refractivity contribution in [1.29, 1.82) is 0 Å². The van der Waals surface area contributed by atoms with Crippen LogP contribution >= 0.6 is 23.1 Å². The van der Waals surface area contributed by atoms with Gasteiger partial charge in [0, 0.05) is 33.5 Å². The zero-order valence-corrected chi connectivity index (χ0v) is 15.0. The Morgan fingerprint density at radius 2 is 1.76 bits per heavy atom. The van der Waals surface area contributed by atoms with E-state index in [0.29, 0.717) is 0 Å². The molecule has 0 saturated carbocycles. The van der Waals surface area contributed by atoms with E-state index in [2.05, 4.69) is 69.4 Å². The van der Waals surface area contributed by atoms with Crippen LogP contribution < -0.4 is 5.32 Å². The van der Waals surface area contributed by atoms with Crippen molar-refractivity contribution >= 4 is 23.1 Å². The molecule has 0 amide bonds. The smallest absolute Gasteiger partial charge is 0.0300 e. The van der Waals surface area contributed by atoms with Crippen molar-refractivity contribution in [3.63, 3.8) is 0 Å². The van der Waals surface area contributed by atoms with Crippen LogP contribution in [0.4, 0.5) is 0 Å². The average Bonchev–Trinajstić information content (AvgIpc) is 2.84. The first-order valence-corrected chi connectivity index (χ1v) is 9.25. The van der Waals surface area contributed by atoms with Crippen molar-refractivity contribution in [1.82, 2.24) is 5.32 Å². The van der Waals surface area contributed by atoms with E-state index in [9.17, 15) is 0 Å². The van der Waals surface area contributed by atoms with Gasteiger partial charge in [-0.1, -0.05) is 32.9 Å². The fourth-order valence-corrected chi connectivity index (χ4v) is 3.75. The monoisotopic (exact) mass is 319 g/mol. The number of benzene rings is 1. The molecule has 1 N–H and O–H groups in total.